The highest BCUT2D eigenvalue weighted by atomic mass is 32.2. The summed E-state index contributed by atoms with van der Waals surface area (Å²) in [6, 6.07) is 3.34. The third-order valence-electron chi connectivity index (χ3n) is 2.88. The summed E-state index contributed by atoms with van der Waals surface area (Å²) in [5.41, 5.74) is 7.60. The lowest BCUT2D eigenvalue weighted by atomic mass is 10.1. The molecule has 0 fully saturated rings. The maximum atomic E-state index is 12.3. The summed E-state index contributed by atoms with van der Waals surface area (Å²) in [4.78, 5) is 4.02. The van der Waals surface area contributed by atoms with Gasteiger partial charge in [-0.3, -0.25) is 0 Å². The first-order valence-corrected chi connectivity index (χ1v) is 7.50. The van der Waals surface area contributed by atoms with Gasteiger partial charge in [0.1, 0.15) is 0 Å². The van der Waals surface area contributed by atoms with Crippen molar-refractivity contribution in [1.82, 2.24) is 14.9 Å². The van der Waals surface area contributed by atoms with Crippen LogP contribution in [0.15, 0.2) is 27.9 Å². The molecule has 1 heterocycles. The summed E-state index contributed by atoms with van der Waals surface area (Å²) in [6.45, 7) is 3.67. The van der Waals surface area contributed by atoms with E-state index >= 15 is 0 Å². The maximum Gasteiger partial charge on any atom is 0.240 e. The average Bonchev–Trinajstić information content (AvgIpc) is 2.86. The number of aryl methyl sites for hydroxylation is 1. The topological polar surface area (TPSA) is 111 Å². The van der Waals surface area contributed by atoms with Crippen molar-refractivity contribution in [3.8, 4) is 0 Å². The van der Waals surface area contributed by atoms with Gasteiger partial charge < -0.3 is 10.3 Å². The Morgan fingerprint density at radius 2 is 2.10 bits per heavy atom. The van der Waals surface area contributed by atoms with Crippen LogP contribution in [0, 0.1) is 13.8 Å². The zero-order valence-electron chi connectivity index (χ0n) is 11.3. The van der Waals surface area contributed by atoms with Gasteiger partial charge in [-0.05, 0) is 37.1 Å². The Bertz CT molecular complexity index is 696. The molecule has 8 heteroatoms. The molecule has 0 saturated heterocycles. The highest BCUT2D eigenvalue weighted by molar-refractivity contribution is 7.89. The van der Waals surface area contributed by atoms with Crippen molar-refractivity contribution in [2.45, 2.75) is 25.2 Å². The molecule has 0 unspecified atom stereocenters. The van der Waals surface area contributed by atoms with E-state index in [1.54, 1.807) is 26.0 Å². The van der Waals surface area contributed by atoms with Crippen LogP contribution in [0.3, 0.4) is 0 Å². The third kappa shape index (κ3) is 3.14. The zero-order valence-corrected chi connectivity index (χ0v) is 12.1. The fourth-order valence-electron chi connectivity index (χ4n) is 1.81. The van der Waals surface area contributed by atoms with Gasteiger partial charge in [-0.15, -0.1) is 0 Å². The van der Waals surface area contributed by atoms with E-state index in [-0.39, 0.29) is 11.4 Å². The van der Waals surface area contributed by atoms with Crippen molar-refractivity contribution in [1.29, 1.82) is 0 Å². The van der Waals surface area contributed by atoms with Crippen molar-refractivity contribution in [2.75, 3.05) is 12.3 Å². The van der Waals surface area contributed by atoms with Crippen LogP contribution in [0.1, 0.15) is 17.0 Å². The molecule has 20 heavy (non-hydrogen) atoms. The zero-order chi connectivity index (χ0) is 14.8. The number of benzene rings is 1. The minimum atomic E-state index is -3.61. The number of nitrogens with two attached hydrogens (primary N) is 1. The number of hydrogen-bond acceptors (Lipinski definition) is 6. The fraction of sp³-hybridized carbons (Fsp3) is 0.333. The van der Waals surface area contributed by atoms with Gasteiger partial charge in [-0.1, -0.05) is 5.16 Å². The van der Waals surface area contributed by atoms with E-state index in [0.29, 0.717) is 23.5 Å². The first-order chi connectivity index (χ1) is 9.40. The van der Waals surface area contributed by atoms with E-state index in [1.165, 1.54) is 6.39 Å². The van der Waals surface area contributed by atoms with E-state index < -0.39 is 10.0 Å². The van der Waals surface area contributed by atoms with Crippen molar-refractivity contribution in [2.24, 2.45) is 0 Å². The predicted molar refractivity (Wildman–Crippen MR) is 73.5 cm³/mol. The Hall–Kier alpha value is -1.93. The van der Waals surface area contributed by atoms with Crippen molar-refractivity contribution in [3.05, 3.63) is 35.5 Å². The molecule has 0 aliphatic carbocycles. The number of hydrogen-bond donors (Lipinski definition) is 2. The molecule has 0 aliphatic rings. The number of aromatic nitrogens is 2. The highest BCUT2D eigenvalue weighted by Gasteiger charge is 2.18. The number of nitrogen functional groups attached to an aromatic ring is 1. The molecule has 7 nitrogen and oxygen atoms in total. The Morgan fingerprint density at radius 1 is 1.35 bits per heavy atom. The third-order valence-corrected chi connectivity index (χ3v) is 4.47. The first kappa shape index (κ1) is 14.5. The molecule has 3 N–H and O–H groups in total. The fourth-order valence-corrected chi connectivity index (χ4v) is 3.20. The molecule has 0 aliphatic heterocycles. The standard InChI is InChI=1S/C12H16N4O3S/c1-8-5-10(13)9(2)11(6-8)20(17,18)15-4-3-12-14-7-19-16-12/h5-7,15H,3-4,13H2,1-2H3. The van der Waals surface area contributed by atoms with Crippen LogP contribution in [0.2, 0.25) is 0 Å². The summed E-state index contributed by atoms with van der Waals surface area (Å²) < 4.78 is 31.6. The lowest BCUT2D eigenvalue weighted by Gasteiger charge is -2.11. The quantitative estimate of drug-likeness (QED) is 0.789. The minimum Gasteiger partial charge on any atom is -0.398 e. The van der Waals surface area contributed by atoms with Gasteiger partial charge in [-0.25, -0.2) is 13.1 Å². The first-order valence-electron chi connectivity index (χ1n) is 6.02. The van der Waals surface area contributed by atoms with Crippen molar-refractivity contribution < 1.29 is 12.9 Å². The smallest absolute Gasteiger partial charge is 0.240 e. The van der Waals surface area contributed by atoms with Gasteiger partial charge in [0, 0.05) is 18.7 Å². The molecule has 0 amide bonds. The van der Waals surface area contributed by atoms with Crippen LogP contribution in [0.25, 0.3) is 0 Å². The molecule has 0 bridgehead atoms. The minimum absolute atomic E-state index is 0.190. The molecule has 2 aromatic rings. The molecular weight excluding hydrogens is 280 g/mol. The average molecular weight is 296 g/mol. The molecule has 0 atom stereocenters. The van der Waals surface area contributed by atoms with Gasteiger partial charge >= 0.3 is 0 Å². The molecular formula is C12H16N4O3S. The number of nitrogens with zero attached hydrogens (tertiary/aromatic N) is 2. The molecule has 0 saturated carbocycles. The summed E-state index contributed by atoms with van der Waals surface area (Å²) in [7, 11) is -3.61. The monoisotopic (exact) mass is 296 g/mol. The molecule has 1 aromatic carbocycles. The van der Waals surface area contributed by atoms with Crippen molar-refractivity contribution >= 4 is 15.7 Å². The van der Waals surface area contributed by atoms with Crippen LogP contribution >= 0.6 is 0 Å². The Labute approximate surface area is 117 Å². The molecule has 1 aromatic heterocycles. The number of nitrogens with one attached hydrogen (secondary N) is 1. The second kappa shape index (κ2) is 5.59. The molecule has 0 spiro atoms. The second-order valence-corrected chi connectivity index (χ2v) is 6.21. The van der Waals surface area contributed by atoms with Gasteiger partial charge in [-0.2, -0.15) is 4.98 Å². The van der Waals surface area contributed by atoms with E-state index in [2.05, 4.69) is 19.4 Å². The lowest BCUT2D eigenvalue weighted by molar-refractivity contribution is 0.410. The molecule has 108 valence electrons. The summed E-state index contributed by atoms with van der Waals surface area (Å²) >= 11 is 0. The Morgan fingerprint density at radius 3 is 2.75 bits per heavy atom. The van der Waals surface area contributed by atoms with Gasteiger partial charge in [0.05, 0.1) is 4.90 Å². The van der Waals surface area contributed by atoms with Crippen molar-refractivity contribution in [3.63, 3.8) is 0 Å². The van der Waals surface area contributed by atoms with Gasteiger partial charge in [0.15, 0.2) is 5.82 Å². The Balaban J connectivity index is 2.14. The number of sulfonamides is 1. The van der Waals surface area contributed by atoms with Gasteiger partial charge in [0.25, 0.3) is 0 Å². The second-order valence-electron chi connectivity index (χ2n) is 4.47. The summed E-state index contributed by atoms with van der Waals surface area (Å²) in [6.07, 6.45) is 1.56. The largest absolute Gasteiger partial charge is 0.398 e. The van der Waals surface area contributed by atoms with Gasteiger partial charge in [0.2, 0.25) is 16.4 Å². The maximum absolute atomic E-state index is 12.3. The summed E-state index contributed by atoms with van der Waals surface area (Å²) in [5, 5.41) is 3.61. The number of rotatable bonds is 5. The van der Waals surface area contributed by atoms with E-state index in [9.17, 15) is 8.42 Å². The summed E-state index contributed by atoms with van der Waals surface area (Å²) in [5.74, 6) is 0.452. The van der Waals surface area contributed by atoms with Crippen LogP contribution < -0.4 is 10.5 Å². The van der Waals surface area contributed by atoms with E-state index in [4.69, 9.17) is 5.73 Å². The Kier molecular flexibility index (Phi) is 4.05. The number of anilines is 1. The van der Waals surface area contributed by atoms with Crippen LogP contribution in [0.4, 0.5) is 5.69 Å². The normalized spacial score (nSPS) is 11.7. The molecule has 0 radical (unpaired) electrons. The van der Waals surface area contributed by atoms with E-state index in [1.807, 2.05) is 0 Å². The lowest BCUT2D eigenvalue weighted by Crippen LogP contribution is -2.27. The molecule has 2 rings (SSSR count). The SMILES string of the molecule is Cc1cc(N)c(C)c(S(=O)(=O)NCCc2ncon2)c1. The van der Waals surface area contributed by atoms with Crippen LogP contribution in [-0.2, 0) is 16.4 Å². The highest BCUT2D eigenvalue weighted by Crippen LogP contribution is 2.22. The predicted octanol–water partition coefficient (Wildman–Crippen LogP) is 0.790. The van der Waals surface area contributed by atoms with Crippen LogP contribution in [0.5, 0.6) is 0 Å². The van der Waals surface area contributed by atoms with Crippen LogP contribution in [-0.4, -0.2) is 25.1 Å². The van der Waals surface area contributed by atoms with E-state index in [0.717, 1.165) is 5.56 Å².